The molecule has 0 aromatic heterocycles. The van der Waals surface area contributed by atoms with Crippen LogP contribution in [0.25, 0.3) is 0 Å². The van der Waals surface area contributed by atoms with Crippen LogP contribution >= 0.6 is 11.6 Å². The van der Waals surface area contributed by atoms with Crippen LogP contribution in [0.5, 0.6) is 0 Å². The molecular formula is C11H11ClO2. The topological polar surface area (TPSA) is 26.3 Å². The maximum Gasteiger partial charge on any atom is 0.161 e. The number of carbonyl (C=O) groups is 1. The van der Waals surface area contributed by atoms with Crippen molar-refractivity contribution in [1.29, 1.82) is 0 Å². The van der Waals surface area contributed by atoms with Crippen LogP contribution in [-0.4, -0.2) is 11.9 Å². The number of hydrogen-bond acceptors (Lipinski definition) is 2. The normalized spacial score (nSPS) is 20.6. The van der Waals surface area contributed by atoms with Crippen molar-refractivity contribution in [3.8, 4) is 0 Å². The lowest BCUT2D eigenvalue weighted by Crippen LogP contribution is -2.33. The fourth-order valence-corrected chi connectivity index (χ4v) is 1.46. The molecular weight excluding hydrogens is 200 g/mol. The van der Waals surface area contributed by atoms with Crippen molar-refractivity contribution in [2.45, 2.75) is 25.6 Å². The van der Waals surface area contributed by atoms with Crippen LogP contribution in [0.4, 0.5) is 0 Å². The number of hydrogen-bond donors (Lipinski definition) is 0. The van der Waals surface area contributed by atoms with Gasteiger partial charge in [-0.2, -0.15) is 0 Å². The Labute approximate surface area is 87.8 Å². The number of benzene rings is 1. The highest BCUT2D eigenvalue weighted by Crippen LogP contribution is 2.19. The molecule has 2 nitrogen and oxygen atoms in total. The van der Waals surface area contributed by atoms with E-state index in [0.717, 1.165) is 12.0 Å². The van der Waals surface area contributed by atoms with E-state index in [9.17, 15) is 4.79 Å². The summed E-state index contributed by atoms with van der Waals surface area (Å²) in [6, 6.07) is 7.46. The van der Waals surface area contributed by atoms with E-state index in [0.29, 0.717) is 18.1 Å². The lowest BCUT2D eigenvalue weighted by atomic mass is 9.94. The Bertz CT molecular complexity index is 332. The molecule has 2 rings (SSSR count). The minimum atomic E-state index is -0.161. The van der Waals surface area contributed by atoms with Gasteiger partial charge in [0.15, 0.2) is 5.78 Å². The molecule has 74 valence electrons. The van der Waals surface area contributed by atoms with Crippen LogP contribution in [0.15, 0.2) is 24.3 Å². The van der Waals surface area contributed by atoms with Crippen molar-refractivity contribution in [3.63, 3.8) is 0 Å². The standard InChI is InChI=1S/C11H11ClO2/c12-9-3-1-8(2-4-9)7-14-11-6-5-10(11)13/h1-4,11H,5-7H2. The van der Waals surface area contributed by atoms with Crippen molar-refractivity contribution in [3.05, 3.63) is 34.9 Å². The summed E-state index contributed by atoms with van der Waals surface area (Å²) < 4.78 is 5.42. The molecule has 0 spiro atoms. The molecule has 1 unspecified atom stereocenters. The first-order valence-electron chi connectivity index (χ1n) is 4.64. The van der Waals surface area contributed by atoms with Gasteiger partial charge >= 0.3 is 0 Å². The van der Waals surface area contributed by atoms with Crippen molar-refractivity contribution in [2.75, 3.05) is 0 Å². The summed E-state index contributed by atoms with van der Waals surface area (Å²) >= 11 is 5.74. The predicted molar refractivity (Wildman–Crippen MR) is 54.3 cm³/mol. The maximum atomic E-state index is 11.0. The molecule has 1 fully saturated rings. The summed E-state index contributed by atoms with van der Waals surface area (Å²) in [5.41, 5.74) is 1.05. The quantitative estimate of drug-likeness (QED) is 0.767. The number of ketones is 1. The third-order valence-corrected chi connectivity index (χ3v) is 2.63. The van der Waals surface area contributed by atoms with Gasteiger partial charge in [-0.15, -0.1) is 0 Å². The summed E-state index contributed by atoms with van der Waals surface area (Å²) in [7, 11) is 0. The van der Waals surface area contributed by atoms with E-state index in [2.05, 4.69) is 0 Å². The molecule has 0 saturated heterocycles. The van der Waals surface area contributed by atoms with Crippen molar-refractivity contribution >= 4 is 17.4 Å². The molecule has 0 aliphatic heterocycles. The Morgan fingerprint density at radius 3 is 2.57 bits per heavy atom. The molecule has 1 aromatic carbocycles. The van der Waals surface area contributed by atoms with Gasteiger partial charge in [0.1, 0.15) is 6.10 Å². The summed E-state index contributed by atoms with van der Waals surface area (Å²) in [4.78, 5) is 11.0. The second-order valence-electron chi connectivity index (χ2n) is 3.43. The van der Waals surface area contributed by atoms with Crippen LogP contribution < -0.4 is 0 Å². The zero-order valence-electron chi connectivity index (χ0n) is 7.70. The third kappa shape index (κ3) is 2.14. The molecule has 0 bridgehead atoms. The molecule has 1 aliphatic rings. The Hall–Kier alpha value is -0.860. The van der Waals surface area contributed by atoms with Crippen LogP contribution in [-0.2, 0) is 16.1 Å². The van der Waals surface area contributed by atoms with Gasteiger partial charge in [0.25, 0.3) is 0 Å². The number of Topliss-reactive ketones (excluding diaryl/α,β-unsaturated/α-hetero) is 1. The average Bonchev–Trinajstić information content (AvgIpc) is 2.19. The molecule has 0 heterocycles. The van der Waals surface area contributed by atoms with E-state index >= 15 is 0 Å². The highest BCUT2D eigenvalue weighted by Gasteiger charge is 2.28. The molecule has 0 radical (unpaired) electrons. The van der Waals surface area contributed by atoms with Crippen molar-refractivity contribution in [2.24, 2.45) is 0 Å². The second kappa shape index (κ2) is 4.11. The van der Waals surface area contributed by atoms with Gasteiger partial charge in [-0.25, -0.2) is 0 Å². The molecule has 1 atom stereocenters. The largest absolute Gasteiger partial charge is 0.366 e. The lowest BCUT2D eigenvalue weighted by Gasteiger charge is -2.23. The van der Waals surface area contributed by atoms with Crippen LogP contribution in [0.3, 0.4) is 0 Å². The molecule has 1 saturated carbocycles. The lowest BCUT2D eigenvalue weighted by molar-refractivity contribution is -0.141. The van der Waals surface area contributed by atoms with Crippen LogP contribution in [0, 0.1) is 0 Å². The monoisotopic (exact) mass is 210 g/mol. The van der Waals surface area contributed by atoms with Gasteiger partial charge in [0, 0.05) is 11.4 Å². The molecule has 1 aliphatic carbocycles. The van der Waals surface area contributed by atoms with Gasteiger partial charge < -0.3 is 4.74 Å². The van der Waals surface area contributed by atoms with Crippen LogP contribution in [0.2, 0.25) is 5.02 Å². The first-order chi connectivity index (χ1) is 6.75. The fraction of sp³-hybridized carbons (Fsp3) is 0.364. The number of rotatable bonds is 3. The number of halogens is 1. The smallest absolute Gasteiger partial charge is 0.161 e. The average molecular weight is 211 g/mol. The Balaban J connectivity index is 1.85. The highest BCUT2D eigenvalue weighted by molar-refractivity contribution is 6.30. The molecule has 14 heavy (non-hydrogen) atoms. The minimum absolute atomic E-state index is 0.161. The van der Waals surface area contributed by atoms with Gasteiger partial charge in [-0.05, 0) is 24.1 Å². The maximum absolute atomic E-state index is 11.0. The summed E-state index contributed by atoms with van der Waals surface area (Å²) in [5, 5.41) is 0.716. The molecule has 0 amide bonds. The SMILES string of the molecule is O=C1CCC1OCc1ccc(Cl)cc1. The predicted octanol–water partition coefficient (Wildman–Crippen LogP) is 2.59. The Morgan fingerprint density at radius 1 is 1.36 bits per heavy atom. The van der Waals surface area contributed by atoms with E-state index in [1.165, 1.54) is 0 Å². The molecule has 1 aromatic rings. The fourth-order valence-electron chi connectivity index (χ4n) is 1.33. The number of ether oxygens (including phenoxy) is 1. The van der Waals surface area contributed by atoms with Crippen LogP contribution in [0.1, 0.15) is 18.4 Å². The molecule has 0 N–H and O–H groups in total. The van der Waals surface area contributed by atoms with E-state index in [4.69, 9.17) is 16.3 Å². The Kier molecular flexibility index (Phi) is 2.85. The van der Waals surface area contributed by atoms with Gasteiger partial charge in [-0.3, -0.25) is 4.79 Å². The highest BCUT2D eigenvalue weighted by atomic mass is 35.5. The van der Waals surface area contributed by atoms with Gasteiger partial charge in [0.2, 0.25) is 0 Å². The van der Waals surface area contributed by atoms with E-state index in [-0.39, 0.29) is 11.9 Å². The first-order valence-corrected chi connectivity index (χ1v) is 5.02. The first kappa shape index (κ1) is 9.69. The zero-order valence-corrected chi connectivity index (χ0v) is 8.46. The number of carbonyl (C=O) groups excluding carboxylic acids is 1. The van der Waals surface area contributed by atoms with Gasteiger partial charge in [-0.1, -0.05) is 23.7 Å². The van der Waals surface area contributed by atoms with Crippen molar-refractivity contribution < 1.29 is 9.53 Å². The molecule has 3 heteroatoms. The van der Waals surface area contributed by atoms with E-state index in [1.807, 2.05) is 24.3 Å². The summed E-state index contributed by atoms with van der Waals surface area (Å²) in [6.45, 7) is 0.494. The summed E-state index contributed by atoms with van der Waals surface area (Å²) in [6.07, 6.45) is 1.38. The Morgan fingerprint density at radius 2 is 2.07 bits per heavy atom. The minimum Gasteiger partial charge on any atom is -0.366 e. The summed E-state index contributed by atoms with van der Waals surface area (Å²) in [5.74, 6) is 0.221. The van der Waals surface area contributed by atoms with E-state index in [1.54, 1.807) is 0 Å². The third-order valence-electron chi connectivity index (χ3n) is 2.38. The van der Waals surface area contributed by atoms with E-state index < -0.39 is 0 Å². The van der Waals surface area contributed by atoms with Crippen molar-refractivity contribution in [1.82, 2.24) is 0 Å². The van der Waals surface area contributed by atoms with Gasteiger partial charge in [0.05, 0.1) is 6.61 Å². The second-order valence-corrected chi connectivity index (χ2v) is 3.87. The zero-order chi connectivity index (χ0) is 9.97.